The van der Waals surface area contributed by atoms with E-state index in [1.165, 1.54) is 12.0 Å². The molecule has 5 rings (SSSR count). The third-order valence-corrected chi connectivity index (χ3v) is 9.53. The first-order valence-electron chi connectivity index (χ1n) is 13.3. The summed E-state index contributed by atoms with van der Waals surface area (Å²) in [5.41, 5.74) is 4.47. The number of hydrogen-bond acceptors (Lipinski definition) is 10. The molecule has 0 spiro atoms. The summed E-state index contributed by atoms with van der Waals surface area (Å²) in [6, 6.07) is -0.911. The van der Waals surface area contributed by atoms with Crippen molar-refractivity contribution >= 4 is 29.0 Å². The van der Waals surface area contributed by atoms with Crippen LogP contribution in [0.4, 0.5) is 0 Å². The summed E-state index contributed by atoms with van der Waals surface area (Å²) >= 11 is 0. The van der Waals surface area contributed by atoms with Crippen LogP contribution >= 0.6 is 0 Å². The highest BCUT2D eigenvalue weighted by Crippen LogP contribution is 2.54. The van der Waals surface area contributed by atoms with Gasteiger partial charge in [-0.2, -0.15) is 0 Å². The molecule has 11 nitrogen and oxygen atoms in total. The van der Waals surface area contributed by atoms with Crippen molar-refractivity contribution in [3.05, 3.63) is 22.3 Å². The Balaban J connectivity index is 1.64. The Hall–Kier alpha value is -3.15. The number of Topliss-reactive ketones (excluding diaryl/α,β-unsaturated/α-hetero) is 4. The number of fused-ring (bicyclic) bond motifs is 4. The predicted molar refractivity (Wildman–Crippen MR) is 137 cm³/mol. The largest absolute Gasteiger partial charge is 0.507 e. The number of phenolic OH excluding ortho intramolecular Hbond substituents is 1. The highest BCUT2D eigenvalue weighted by atomic mass is 16.5. The van der Waals surface area contributed by atoms with Crippen LogP contribution in [-0.2, 0) is 38.7 Å². The number of primary amides is 1. The molecule has 0 aromatic heterocycles. The lowest BCUT2D eigenvalue weighted by molar-refractivity contribution is -0.181. The minimum atomic E-state index is -2.74. The minimum absolute atomic E-state index is 0.00386. The molecule has 4 aliphatic rings. The lowest BCUT2D eigenvalue weighted by atomic mass is 9.52. The van der Waals surface area contributed by atoms with Crippen molar-refractivity contribution in [2.45, 2.75) is 63.9 Å². The molecule has 210 valence electrons. The number of ether oxygens (including phenoxy) is 1. The second-order valence-electron chi connectivity index (χ2n) is 11.6. The molecule has 7 atom stereocenters. The van der Waals surface area contributed by atoms with Crippen LogP contribution < -0.4 is 10.5 Å². The molecule has 39 heavy (non-hydrogen) atoms. The van der Waals surface area contributed by atoms with E-state index in [-0.39, 0.29) is 30.2 Å². The number of aliphatic hydroxyl groups is 1. The summed E-state index contributed by atoms with van der Waals surface area (Å²) in [7, 11) is 4.62. The van der Waals surface area contributed by atoms with E-state index in [0.717, 1.165) is 12.0 Å². The van der Waals surface area contributed by atoms with E-state index in [1.54, 1.807) is 14.1 Å². The quantitative estimate of drug-likeness (QED) is 0.431. The minimum Gasteiger partial charge on any atom is -0.507 e. The number of hydrogen-bond donors (Lipinski definition) is 3. The molecule has 1 amide bonds. The van der Waals surface area contributed by atoms with Crippen LogP contribution in [0.3, 0.4) is 0 Å². The number of carbonyl (C=O) groups is 5. The van der Waals surface area contributed by atoms with E-state index in [9.17, 15) is 34.2 Å². The maximum absolute atomic E-state index is 14.0. The fourth-order valence-electron chi connectivity index (χ4n) is 7.43. The van der Waals surface area contributed by atoms with Crippen LogP contribution in [0.15, 0.2) is 0 Å². The maximum atomic E-state index is 14.0. The zero-order valence-corrected chi connectivity index (χ0v) is 22.8. The first-order chi connectivity index (χ1) is 18.3. The number of ketones is 4. The van der Waals surface area contributed by atoms with Crippen LogP contribution in [0.5, 0.6) is 11.5 Å². The Labute approximate surface area is 226 Å². The molecule has 1 heterocycles. The monoisotopic (exact) mass is 541 g/mol. The zero-order valence-electron chi connectivity index (χ0n) is 22.8. The molecule has 4 N–H and O–H groups in total. The van der Waals surface area contributed by atoms with E-state index in [0.29, 0.717) is 30.0 Å². The molecule has 1 aromatic carbocycles. The van der Waals surface area contributed by atoms with E-state index < -0.39 is 64.4 Å². The van der Waals surface area contributed by atoms with E-state index in [2.05, 4.69) is 18.7 Å². The van der Waals surface area contributed by atoms with Crippen LogP contribution in [0.2, 0.25) is 0 Å². The third-order valence-electron chi connectivity index (χ3n) is 9.53. The highest BCUT2D eigenvalue weighted by molar-refractivity contribution is 6.32. The van der Waals surface area contributed by atoms with Crippen molar-refractivity contribution < 1.29 is 38.9 Å². The predicted octanol–water partition coefficient (Wildman–Crippen LogP) is -0.0103. The average molecular weight is 542 g/mol. The van der Waals surface area contributed by atoms with Crippen LogP contribution in [0, 0.1) is 23.7 Å². The Morgan fingerprint density at radius 2 is 1.79 bits per heavy atom. The second kappa shape index (κ2) is 9.21. The summed E-state index contributed by atoms with van der Waals surface area (Å²) in [4.78, 5) is 70.3. The Bertz CT molecular complexity index is 1320. The van der Waals surface area contributed by atoms with Gasteiger partial charge in [0, 0.05) is 41.7 Å². The van der Waals surface area contributed by atoms with Crippen LogP contribution in [0.1, 0.15) is 53.7 Å². The highest BCUT2D eigenvalue weighted by Gasteiger charge is 2.69. The molecule has 0 saturated heterocycles. The van der Waals surface area contributed by atoms with Gasteiger partial charge in [0.05, 0.1) is 24.6 Å². The number of carbonyl (C=O) groups excluding carboxylic acids is 5. The molecule has 2 unspecified atom stereocenters. The number of nitrogens with zero attached hydrogens (tertiary/aromatic N) is 2. The third kappa shape index (κ3) is 3.56. The van der Waals surface area contributed by atoms with E-state index in [1.807, 2.05) is 0 Å². The number of benzene rings is 1. The van der Waals surface area contributed by atoms with Gasteiger partial charge in [0.1, 0.15) is 11.5 Å². The van der Waals surface area contributed by atoms with Crippen molar-refractivity contribution in [1.29, 1.82) is 0 Å². The molecule has 0 bridgehead atoms. The second-order valence-corrected chi connectivity index (χ2v) is 11.6. The van der Waals surface area contributed by atoms with Gasteiger partial charge >= 0.3 is 0 Å². The number of rotatable bonds is 5. The van der Waals surface area contributed by atoms with E-state index in [4.69, 9.17) is 10.5 Å². The van der Waals surface area contributed by atoms with E-state index >= 15 is 0 Å². The van der Waals surface area contributed by atoms with Gasteiger partial charge in [-0.25, -0.2) is 0 Å². The number of amides is 1. The van der Waals surface area contributed by atoms with Gasteiger partial charge in [0.15, 0.2) is 34.7 Å². The molecular formula is C28H35N3O8. The van der Waals surface area contributed by atoms with Crippen molar-refractivity contribution in [2.24, 2.45) is 29.4 Å². The fraction of sp³-hybridized carbons (Fsp3) is 0.607. The Morgan fingerprint density at radius 3 is 2.36 bits per heavy atom. The molecule has 2 saturated carbocycles. The summed E-state index contributed by atoms with van der Waals surface area (Å²) in [5, 5.41) is 23.1. The first kappa shape index (κ1) is 27.4. The van der Waals surface area contributed by atoms with Crippen molar-refractivity contribution in [3.63, 3.8) is 0 Å². The summed E-state index contributed by atoms with van der Waals surface area (Å²) in [5.74, 6) is -9.96. The van der Waals surface area contributed by atoms with Gasteiger partial charge in [-0.05, 0) is 46.2 Å². The summed E-state index contributed by atoms with van der Waals surface area (Å²) in [6.45, 7) is 5.09. The number of methoxy groups -OCH3 is 1. The average Bonchev–Trinajstić information content (AvgIpc) is 3.31. The lowest BCUT2D eigenvalue weighted by Crippen LogP contribution is -2.74. The van der Waals surface area contributed by atoms with Gasteiger partial charge < -0.3 is 20.7 Å². The van der Waals surface area contributed by atoms with Gasteiger partial charge in [-0.15, -0.1) is 0 Å². The van der Waals surface area contributed by atoms with Gasteiger partial charge in [0.2, 0.25) is 5.91 Å². The smallest absolute Gasteiger partial charge is 0.235 e. The van der Waals surface area contributed by atoms with Crippen molar-refractivity contribution in [3.8, 4) is 11.5 Å². The normalized spacial score (nSPS) is 32.9. The molecule has 0 radical (unpaired) electrons. The lowest BCUT2D eigenvalue weighted by Gasteiger charge is -2.52. The number of aromatic hydroxyl groups is 1. The van der Waals surface area contributed by atoms with Crippen molar-refractivity contribution in [1.82, 2.24) is 9.80 Å². The summed E-state index contributed by atoms with van der Waals surface area (Å²) < 4.78 is 5.80. The molecule has 2 fully saturated rings. The zero-order chi connectivity index (χ0) is 28.7. The Morgan fingerprint density at radius 1 is 1.15 bits per heavy atom. The molecule has 1 aromatic rings. The van der Waals surface area contributed by atoms with Gasteiger partial charge in [-0.1, -0.05) is 6.92 Å². The Kier molecular flexibility index (Phi) is 6.47. The number of phenols is 1. The molecule has 1 aliphatic heterocycles. The fourth-order valence-corrected chi connectivity index (χ4v) is 7.43. The summed E-state index contributed by atoms with van der Waals surface area (Å²) in [6.07, 6.45) is 1.07. The number of likely N-dealkylation sites (N-methyl/N-ethyl adjacent to an activating group) is 1. The maximum Gasteiger partial charge on any atom is 0.235 e. The molecule has 3 aliphatic carbocycles. The molecular weight excluding hydrogens is 506 g/mol. The molecule has 11 heteroatoms. The van der Waals surface area contributed by atoms with Crippen LogP contribution in [-0.4, -0.2) is 87.9 Å². The van der Waals surface area contributed by atoms with Crippen molar-refractivity contribution in [2.75, 3.05) is 21.2 Å². The van der Waals surface area contributed by atoms with Gasteiger partial charge in [0.25, 0.3) is 0 Å². The SMILES string of the molecule is CC[C@H](C)N1Cc2c(O)c3c(c(OC)c2C1)C[C@H]1C[C@H]2[C@H](N(C)C)C(=O)C(C(N)=O)C(=O)[C@@]2(O)C(=O)C1C3=O. The standard InChI is InChI=1S/C28H35N3O8/c1-6-11(2)31-9-14-15(10-31)24(39-5)13-7-12-8-16-20(30(3)4)23(34)19(27(29)37)26(36)28(16,38)25(35)17(12)22(33)18(13)21(14)32/h11-12,16-17,19-20,32,38H,6-10H2,1-5H3,(H2,29,37)/t11-,12-,16-,17?,19?,20-,28-/m0/s1. The van der Waals surface area contributed by atoms with Gasteiger partial charge in [-0.3, -0.25) is 33.8 Å². The number of nitrogens with two attached hydrogens (primary N) is 1. The topological polar surface area (TPSA) is 168 Å². The van der Waals surface area contributed by atoms with Crippen LogP contribution in [0.25, 0.3) is 0 Å². The first-order valence-corrected chi connectivity index (χ1v) is 13.3.